The molecule has 0 unspecified atom stereocenters. The lowest BCUT2D eigenvalue weighted by molar-refractivity contribution is -0.113. The van der Waals surface area contributed by atoms with Crippen LogP contribution in [0.15, 0.2) is 12.1 Å². The molecule has 0 saturated carbocycles. The Bertz CT molecular complexity index is 355. The zero-order chi connectivity index (χ0) is 11.3. The van der Waals surface area contributed by atoms with Crippen LogP contribution in [0.2, 0.25) is 0 Å². The lowest BCUT2D eigenvalue weighted by Crippen LogP contribution is -2.15. The minimum atomic E-state index is -0.0835. The van der Waals surface area contributed by atoms with Gasteiger partial charge < -0.3 is 10.6 Å². The first-order valence-electron chi connectivity index (χ1n) is 4.74. The number of aryl methyl sites for hydroxylation is 1. The zero-order valence-electron chi connectivity index (χ0n) is 8.80. The van der Waals surface area contributed by atoms with Crippen LogP contribution < -0.4 is 10.6 Å². The van der Waals surface area contributed by atoms with E-state index in [0.29, 0.717) is 11.5 Å². The highest BCUT2D eigenvalue weighted by Crippen LogP contribution is 2.19. The number of hydrogen-bond donors (Lipinski definition) is 2. The van der Waals surface area contributed by atoms with Crippen molar-refractivity contribution < 1.29 is 4.79 Å². The van der Waals surface area contributed by atoms with Gasteiger partial charge in [-0.1, -0.05) is 15.9 Å². The average Bonchev–Trinajstić information content (AvgIpc) is 2.22. The number of nitrogens with one attached hydrogen (secondary N) is 2. The maximum atomic E-state index is 11.2. The standard InChI is InChI=1S/C10H14BrN3O/c1-3-12-10-8(14-9(15)6-11)5-4-7(2)13-10/h4-5H,3,6H2,1-2H3,(H,12,13)(H,14,15). The Kier molecular flexibility index (Phi) is 4.55. The van der Waals surface area contributed by atoms with Crippen LogP contribution in [0.25, 0.3) is 0 Å². The molecule has 0 saturated heterocycles. The molecule has 0 aliphatic heterocycles. The molecule has 2 N–H and O–H groups in total. The van der Waals surface area contributed by atoms with E-state index in [4.69, 9.17) is 0 Å². The second-order valence-corrected chi connectivity index (χ2v) is 3.62. The van der Waals surface area contributed by atoms with E-state index in [1.165, 1.54) is 0 Å². The van der Waals surface area contributed by atoms with Crippen LogP contribution in [-0.4, -0.2) is 22.8 Å². The number of carbonyl (C=O) groups excluding carboxylic acids is 1. The van der Waals surface area contributed by atoms with Gasteiger partial charge in [0.05, 0.1) is 11.0 Å². The molecule has 1 heterocycles. The van der Waals surface area contributed by atoms with E-state index in [0.717, 1.165) is 12.2 Å². The molecular weight excluding hydrogens is 258 g/mol. The Labute approximate surface area is 97.6 Å². The van der Waals surface area contributed by atoms with E-state index in [1.807, 2.05) is 26.0 Å². The van der Waals surface area contributed by atoms with Crippen LogP contribution in [0.1, 0.15) is 12.6 Å². The van der Waals surface area contributed by atoms with E-state index in [-0.39, 0.29) is 11.2 Å². The van der Waals surface area contributed by atoms with Crippen LogP contribution in [0, 0.1) is 6.92 Å². The van der Waals surface area contributed by atoms with Gasteiger partial charge in [-0.05, 0) is 26.0 Å². The van der Waals surface area contributed by atoms with Crippen molar-refractivity contribution in [3.05, 3.63) is 17.8 Å². The van der Waals surface area contributed by atoms with Crippen LogP contribution >= 0.6 is 15.9 Å². The number of amides is 1. The fraction of sp³-hybridized carbons (Fsp3) is 0.400. The molecule has 4 nitrogen and oxygen atoms in total. The van der Waals surface area contributed by atoms with E-state index >= 15 is 0 Å². The fourth-order valence-corrected chi connectivity index (χ4v) is 1.28. The lowest BCUT2D eigenvalue weighted by Gasteiger charge is -2.10. The van der Waals surface area contributed by atoms with Gasteiger partial charge in [-0.3, -0.25) is 4.79 Å². The van der Waals surface area contributed by atoms with Gasteiger partial charge in [0.1, 0.15) is 5.82 Å². The number of hydrogen-bond acceptors (Lipinski definition) is 3. The van der Waals surface area contributed by atoms with E-state index in [9.17, 15) is 4.79 Å². The zero-order valence-corrected chi connectivity index (χ0v) is 10.4. The number of rotatable bonds is 4. The summed E-state index contributed by atoms with van der Waals surface area (Å²) in [5.74, 6) is 0.631. The summed E-state index contributed by atoms with van der Waals surface area (Å²) < 4.78 is 0. The topological polar surface area (TPSA) is 54.0 Å². The minimum absolute atomic E-state index is 0.0835. The summed E-state index contributed by atoms with van der Waals surface area (Å²) in [6.07, 6.45) is 0. The monoisotopic (exact) mass is 271 g/mol. The molecule has 0 spiro atoms. The molecule has 0 aliphatic rings. The second-order valence-electron chi connectivity index (χ2n) is 3.06. The number of alkyl halides is 1. The van der Waals surface area contributed by atoms with E-state index in [1.54, 1.807) is 0 Å². The Morgan fingerprint density at radius 3 is 2.87 bits per heavy atom. The largest absolute Gasteiger partial charge is 0.369 e. The third kappa shape index (κ3) is 3.51. The van der Waals surface area contributed by atoms with Crippen molar-refractivity contribution in [3.8, 4) is 0 Å². The predicted octanol–water partition coefficient (Wildman–Crippen LogP) is 2.16. The molecule has 1 aromatic rings. The third-order valence-electron chi connectivity index (χ3n) is 1.77. The van der Waals surface area contributed by atoms with Crippen molar-refractivity contribution in [2.75, 3.05) is 22.5 Å². The molecule has 82 valence electrons. The maximum Gasteiger partial charge on any atom is 0.235 e. The third-order valence-corrected chi connectivity index (χ3v) is 2.28. The summed E-state index contributed by atoms with van der Waals surface area (Å²) in [6, 6.07) is 3.71. The number of halogens is 1. The molecule has 0 fully saturated rings. The SMILES string of the molecule is CCNc1nc(C)ccc1NC(=O)CBr. The summed E-state index contributed by atoms with van der Waals surface area (Å²) in [7, 11) is 0. The maximum absolute atomic E-state index is 11.2. The normalized spacial score (nSPS) is 9.80. The highest BCUT2D eigenvalue weighted by Gasteiger charge is 2.06. The number of aromatic nitrogens is 1. The van der Waals surface area contributed by atoms with Gasteiger partial charge in [0.15, 0.2) is 0 Å². The quantitative estimate of drug-likeness (QED) is 0.826. The van der Waals surface area contributed by atoms with Crippen LogP contribution in [0.4, 0.5) is 11.5 Å². The van der Waals surface area contributed by atoms with Crippen LogP contribution in [0.3, 0.4) is 0 Å². The summed E-state index contributed by atoms with van der Waals surface area (Å²) in [5.41, 5.74) is 1.63. The Morgan fingerprint density at radius 1 is 1.53 bits per heavy atom. The highest BCUT2D eigenvalue weighted by molar-refractivity contribution is 9.09. The van der Waals surface area contributed by atoms with Gasteiger partial charge in [-0.2, -0.15) is 0 Å². The number of anilines is 2. The Balaban J connectivity index is 2.89. The molecule has 0 radical (unpaired) electrons. The first kappa shape index (κ1) is 12.0. The molecular formula is C10H14BrN3O. The summed E-state index contributed by atoms with van der Waals surface area (Å²) in [6.45, 7) is 4.67. The van der Waals surface area contributed by atoms with Gasteiger partial charge >= 0.3 is 0 Å². The molecule has 0 atom stereocenters. The lowest BCUT2D eigenvalue weighted by atomic mass is 10.3. The van der Waals surface area contributed by atoms with Crippen molar-refractivity contribution in [1.29, 1.82) is 0 Å². The van der Waals surface area contributed by atoms with Crippen molar-refractivity contribution in [1.82, 2.24) is 4.98 Å². The Morgan fingerprint density at radius 2 is 2.27 bits per heavy atom. The number of pyridine rings is 1. The predicted molar refractivity (Wildman–Crippen MR) is 65.6 cm³/mol. The molecule has 1 amide bonds. The van der Waals surface area contributed by atoms with Gasteiger partial charge in [0, 0.05) is 12.2 Å². The van der Waals surface area contributed by atoms with Gasteiger partial charge in [-0.15, -0.1) is 0 Å². The summed E-state index contributed by atoms with van der Waals surface area (Å²) in [4.78, 5) is 15.5. The average molecular weight is 272 g/mol. The molecule has 15 heavy (non-hydrogen) atoms. The van der Waals surface area contributed by atoms with Gasteiger partial charge in [-0.25, -0.2) is 4.98 Å². The van der Waals surface area contributed by atoms with Crippen LogP contribution in [-0.2, 0) is 4.79 Å². The number of carbonyl (C=O) groups is 1. The molecule has 1 rings (SSSR count). The van der Waals surface area contributed by atoms with Crippen molar-refractivity contribution in [2.24, 2.45) is 0 Å². The second kappa shape index (κ2) is 5.70. The number of nitrogens with zero attached hydrogens (tertiary/aromatic N) is 1. The Hall–Kier alpha value is -1.10. The first-order valence-corrected chi connectivity index (χ1v) is 5.86. The van der Waals surface area contributed by atoms with Crippen LogP contribution in [0.5, 0.6) is 0 Å². The van der Waals surface area contributed by atoms with E-state index < -0.39 is 0 Å². The fourth-order valence-electron chi connectivity index (χ4n) is 1.14. The van der Waals surface area contributed by atoms with Crippen molar-refractivity contribution >= 4 is 33.3 Å². The minimum Gasteiger partial charge on any atom is -0.369 e. The summed E-state index contributed by atoms with van der Waals surface area (Å²) in [5, 5.41) is 6.15. The van der Waals surface area contributed by atoms with Crippen molar-refractivity contribution in [3.63, 3.8) is 0 Å². The molecule has 1 aromatic heterocycles. The van der Waals surface area contributed by atoms with Crippen molar-refractivity contribution in [2.45, 2.75) is 13.8 Å². The molecule has 0 aliphatic carbocycles. The smallest absolute Gasteiger partial charge is 0.235 e. The van der Waals surface area contributed by atoms with Gasteiger partial charge in [0.2, 0.25) is 5.91 Å². The first-order chi connectivity index (χ1) is 7.17. The highest BCUT2D eigenvalue weighted by atomic mass is 79.9. The van der Waals surface area contributed by atoms with Gasteiger partial charge in [0.25, 0.3) is 0 Å². The molecule has 5 heteroatoms. The van der Waals surface area contributed by atoms with E-state index in [2.05, 4.69) is 31.5 Å². The molecule has 0 aromatic carbocycles. The molecule has 0 bridgehead atoms. The summed E-state index contributed by atoms with van der Waals surface area (Å²) >= 11 is 3.10.